The molecule has 0 saturated heterocycles. The fourth-order valence-corrected chi connectivity index (χ4v) is 2.03. The van der Waals surface area contributed by atoms with Gasteiger partial charge in [0.1, 0.15) is 0 Å². The molecule has 0 bridgehead atoms. The second kappa shape index (κ2) is 12.8. The number of hydrogen-bond donors (Lipinski definition) is 0. The second-order valence-corrected chi connectivity index (χ2v) is 6.15. The van der Waals surface area contributed by atoms with Gasteiger partial charge in [-0.1, -0.05) is 38.7 Å². The summed E-state index contributed by atoms with van der Waals surface area (Å²) in [6.45, 7) is 2.10. The number of rotatable bonds is 10. The van der Waals surface area contributed by atoms with Gasteiger partial charge in [0.05, 0.1) is 15.9 Å². The SMILES string of the molecule is CCCCCCC/C=C/C(=O)N(C)CCS(=O)(=O)[O-].[Na+]. The van der Waals surface area contributed by atoms with Crippen molar-refractivity contribution < 1.29 is 47.3 Å². The van der Waals surface area contributed by atoms with Gasteiger partial charge >= 0.3 is 29.6 Å². The molecule has 0 aromatic rings. The van der Waals surface area contributed by atoms with Gasteiger partial charge in [0, 0.05) is 13.6 Å². The molecule has 0 N–H and O–H groups in total. The van der Waals surface area contributed by atoms with Crippen molar-refractivity contribution >= 4 is 16.0 Å². The van der Waals surface area contributed by atoms with E-state index in [1.165, 1.54) is 37.3 Å². The van der Waals surface area contributed by atoms with E-state index in [4.69, 9.17) is 0 Å². The zero-order valence-corrected chi connectivity index (χ0v) is 15.6. The molecular weight excluding hydrogens is 289 g/mol. The van der Waals surface area contributed by atoms with Crippen molar-refractivity contribution in [2.45, 2.75) is 45.4 Å². The fraction of sp³-hybridized carbons (Fsp3) is 0.769. The summed E-state index contributed by atoms with van der Waals surface area (Å²) in [5, 5.41) is 0. The topological polar surface area (TPSA) is 77.5 Å². The van der Waals surface area contributed by atoms with Gasteiger partial charge in [-0.3, -0.25) is 4.79 Å². The molecule has 0 aliphatic carbocycles. The zero-order chi connectivity index (χ0) is 14.7. The first-order valence-corrected chi connectivity index (χ1v) is 8.29. The molecule has 20 heavy (non-hydrogen) atoms. The van der Waals surface area contributed by atoms with E-state index in [1.54, 1.807) is 6.08 Å². The Labute approximate surface area is 144 Å². The number of unbranched alkanes of at least 4 members (excludes halogenated alkanes) is 5. The number of carbonyl (C=O) groups excluding carboxylic acids is 1. The molecule has 0 aromatic carbocycles. The Morgan fingerprint density at radius 1 is 1.20 bits per heavy atom. The molecule has 7 heteroatoms. The van der Waals surface area contributed by atoms with Gasteiger partial charge in [0.25, 0.3) is 0 Å². The average molecular weight is 313 g/mol. The molecule has 0 aliphatic rings. The molecule has 1 amide bonds. The summed E-state index contributed by atoms with van der Waals surface area (Å²) in [5.41, 5.74) is 0. The molecule has 5 nitrogen and oxygen atoms in total. The van der Waals surface area contributed by atoms with Crippen LogP contribution < -0.4 is 29.6 Å². The summed E-state index contributed by atoms with van der Waals surface area (Å²) in [6, 6.07) is 0. The van der Waals surface area contributed by atoms with Crippen molar-refractivity contribution in [2.75, 3.05) is 19.3 Å². The minimum absolute atomic E-state index is 0. The van der Waals surface area contributed by atoms with Crippen LogP contribution in [0.1, 0.15) is 45.4 Å². The first-order valence-electron chi connectivity index (χ1n) is 6.72. The van der Waals surface area contributed by atoms with Crippen molar-refractivity contribution in [1.29, 1.82) is 0 Å². The molecule has 0 unspecified atom stereocenters. The van der Waals surface area contributed by atoms with Crippen LogP contribution in [0.25, 0.3) is 0 Å². The van der Waals surface area contributed by atoms with Crippen molar-refractivity contribution in [3.05, 3.63) is 12.2 Å². The Balaban J connectivity index is 0. The molecule has 0 atom stereocenters. The molecule has 112 valence electrons. The van der Waals surface area contributed by atoms with Crippen LogP contribution in [-0.2, 0) is 14.9 Å². The molecule has 0 spiro atoms. The minimum atomic E-state index is -4.26. The molecular formula is C13H24NNaO4S. The predicted molar refractivity (Wildman–Crippen MR) is 74.7 cm³/mol. The first-order chi connectivity index (χ1) is 8.87. The summed E-state index contributed by atoms with van der Waals surface area (Å²) in [5.74, 6) is -0.808. The third-order valence-corrected chi connectivity index (χ3v) is 3.47. The molecule has 0 radical (unpaired) electrons. The number of nitrogens with zero attached hydrogens (tertiary/aromatic N) is 1. The zero-order valence-electron chi connectivity index (χ0n) is 12.8. The Kier molecular flexibility index (Phi) is 14.4. The van der Waals surface area contributed by atoms with Crippen molar-refractivity contribution in [3.63, 3.8) is 0 Å². The average Bonchev–Trinajstić information content (AvgIpc) is 2.33. The van der Waals surface area contributed by atoms with Gasteiger partial charge in [-0.25, -0.2) is 8.42 Å². The summed E-state index contributed by atoms with van der Waals surface area (Å²) in [6.07, 6.45) is 9.99. The van der Waals surface area contributed by atoms with Gasteiger partial charge in [-0.05, 0) is 18.9 Å². The minimum Gasteiger partial charge on any atom is -0.748 e. The second-order valence-electron chi connectivity index (χ2n) is 4.63. The Morgan fingerprint density at radius 3 is 2.35 bits per heavy atom. The van der Waals surface area contributed by atoms with Crippen LogP contribution in [0, 0.1) is 0 Å². The number of amides is 1. The standard InChI is InChI=1S/C13H25NO4S.Na/c1-3-4-5-6-7-8-9-10-13(15)14(2)11-12-19(16,17)18;/h9-10H,3-8,11-12H2,1-2H3,(H,16,17,18);/q;+1/p-1/b10-9+;. The van der Waals surface area contributed by atoms with E-state index in [0.29, 0.717) is 0 Å². The van der Waals surface area contributed by atoms with Crippen molar-refractivity contribution in [3.8, 4) is 0 Å². The van der Waals surface area contributed by atoms with Crippen LogP contribution in [0.15, 0.2) is 12.2 Å². The van der Waals surface area contributed by atoms with Crippen LogP contribution in [0.3, 0.4) is 0 Å². The van der Waals surface area contributed by atoms with Gasteiger partial charge < -0.3 is 9.45 Å². The van der Waals surface area contributed by atoms with E-state index in [0.717, 1.165) is 19.3 Å². The maximum absolute atomic E-state index is 11.5. The van der Waals surface area contributed by atoms with E-state index >= 15 is 0 Å². The van der Waals surface area contributed by atoms with Gasteiger partial charge in [-0.15, -0.1) is 0 Å². The maximum Gasteiger partial charge on any atom is 1.00 e. The van der Waals surface area contributed by atoms with Gasteiger partial charge in [0.15, 0.2) is 0 Å². The van der Waals surface area contributed by atoms with Gasteiger partial charge in [0.2, 0.25) is 5.91 Å². The summed E-state index contributed by atoms with van der Waals surface area (Å²) < 4.78 is 31.3. The van der Waals surface area contributed by atoms with E-state index in [2.05, 4.69) is 6.92 Å². The summed E-state index contributed by atoms with van der Waals surface area (Å²) in [4.78, 5) is 12.8. The van der Waals surface area contributed by atoms with E-state index in [-0.39, 0.29) is 42.0 Å². The van der Waals surface area contributed by atoms with Crippen LogP contribution in [0.2, 0.25) is 0 Å². The molecule has 0 aliphatic heterocycles. The Bertz CT molecular complexity index is 382. The Hall–Kier alpha value is 0.120. The van der Waals surface area contributed by atoms with Crippen LogP contribution in [-0.4, -0.2) is 43.1 Å². The van der Waals surface area contributed by atoms with Crippen LogP contribution in [0.4, 0.5) is 0 Å². The third kappa shape index (κ3) is 14.5. The molecule has 0 heterocycles. The molecule has 0 saturated carbocycles. The predicted octanol–water partition coefficient (Wildman–Crippen LogP) is -1.09. The monoisotopic (exact) mass is 313 g/mol. The summed E-state index contributed by atoms with van der Waals surface area (Å²) in [7, 11) is -2.77. The third-order valence-electron chi connectivity index (χ3n) is 2.79. The largest absolute Gasteiger partial charge is 1.00 e. The Morgan fingerprint density at radius 2 is 1.80 bits per heavy atom. The molecule has 0 fully saturated rings. The normalized spacial score (nSPS) is 11.3. The van der Waals surface area contributed by atoms with Crippen LogP contribution >= 0.6 is 0 Å². The maximum atomic E-state index is 11.5. The van der Waals surface area contributed by atoms with Gasteiger partial charge in [-0.2, -0.15) is 0 Å². The molecule has 0 aromatic heterocycles. The quantitative estimate of drug-likeness (QED) is 0.222. The van der Waals surface area contributed by atoms with Crippen LogP contribution in [0.5, 0.6) is 0 Å². The van der Waals surface area contributed by atoms with Crippen molar-refractivity contribution in [2.24, 2.45) is 0 Å². The van der Waals surface area contributed by atoms with Crippen molar-refractivity contribution in [1.82, 2.24) is 4.90 Å². The van der Waals surface area contributed by atoms with E-state index in [1.807, 2.05) is 0 Å². The number of allylic oxidation sites excluding steroid dienone is 1. The molecule has 0 rings (SSSR count). The number of carbonyl (C=O) groups is 1. The first kappa shape index (κ1) is 22.4. The van der Waals surface area contributed by atoms with E-state index in [9.17, 15) is 17.8 Å². The van der Waals surface area contributed by atoms with E-state index < -0.39 is 15.9 Å². The number of likely N-dealkylation sites (N-methyl/N-ethyl adjacent to an activating group) is 1. The summed E-state index contributed by atoms with van der Waals surface area (Å²) >= 11 is 0. The number of hydrogen-bond acceptors (Lipinski definition) is 4. The smallest absolute Gasteiger partial charge is 0.748 e. The fourth-order valence-electron chi connectivity index (χ4n) is 1.54.